The minimum absolute atomic E-state index is 0.0371. The number of ether oxygens (including phenoxy) is 1. The van der Waals surface area contributed by atoms with Gasteiger partial charge in [0, 0.05) is 24.9 Å². The van der Waals surface area contributed by atoms with Gasteiger partial charge in [0.1, 0.15) is 5.75 Å². The predicted molar refractivity (Wildman–Crippen MR) is 103 cm³/mol. The second kappa shape index (κ2) is 8.72. The van der Waals surface area contributed by atoms with Gasteiger partial charge in [-0.1, -0.05) is 5.75 Å². The summed E-state index contributed by atoms with van der Waals surface area (Å²) in [7, 11) is 1.26. The summed E-state index contributed by atoms with van der Waals surface area (Å²) >= 11 is 4.96. The Balaban J connectivity index is 2.18. The number of hydrogen-bond acceptors (Lipinski definition) is 7. The van der Waals surface area contributed by atoms with Gasteiger partial charge in [0.15, 0.2) is 5.11 Å². The molecule has 0 saturated carbocycles. The van der Waals surface area contributed by atoms with Crippen molar-refractivity contribution in [1.82, 2.24) is 5.32 Å². The fourth-order valence-corrected chi connectivity index (χ4v) is 2.32. The summed E-state index contributed by atoms with van der Waals surface area (Å²) in [5.41, 5.74) is 0.916. The van der Waals surface area contributed by atoms with E-state index in [-0.39, 0.29) is 28.0 Å². The van der Waals surface area contributed by atoms with Crippen LogP contribution in [0.5, 0.6) is 11.5 Å². The number of nitrogens with one attached hydrogen (secondary N) is 2. The molecule has 10 heteroatoms. The minimum Gasteiger partial charge on any atom is -0.870 e. The molecule has 0 radical (unpaired) electrons. The summed E-state index contributed by atoms with van der Waals surface area (Å²) in [6.45, 7) is 1.35. The molecule has 2 aromatic rings. The van der Waals surface area contributed by atoms with E-state index >= 15 is 0 Å². The highest BCUT2D eigenvalue weighted by Crippen LogP contribution is 2.31. The molecule has 1 amide bonds. The molecule has 140 valence electrons. The molecule has 0 spiro atoms. The van der Waals surface area contributed by atoms with E-state index < -0.39 is 10.7 Å². The minimum atomic E-state index is -0.613. The zero-order valence-electron chi connectivity index (χ0n) is 14.4. The van der Waals surface area contributed by atoms with E-state index in [0.29, 0.717) is 11.4 Å². The number of carbonyl (C=O) groups is 1. The van der Waals surface area contributed by atoms with E-state index in [2.05, 4.69) is 15.6 Å². The predicted octanol–water partition coefficient (Wildman–Crippen LogP) is 2.26. The van der Waals surface area contributed by atoms with Crippen molar-refractivity contribution in [1.29, 1.82) is 0 Å². The van der Waals surface area contributed by atoms with Crippen molar-refractivity contribution in [2.75, 3.05) is 12.4 Å². The molecule has 0 saturated heterocycles. The summed E-state index contributed by atoms with van der Waals surface area (Å²) in [4.78, 5) is 25.4. The van der Waals surface area contributed by atoms with Gasteiger partial charge in [0.25, 0.3) is 5.69 Å². The molecule has 0 aromatic heterocycles. The lowest BCUT2D eigenvalue weighted by atomic mass is 10.1. The molecule has 2 rings (SSSR count). The summed E-state index contributed by atoms with van der Waals surface area (Å²) in [5, 5.41) is 28.5. The number of amides is 1. The van der Waals surface area contributed by atoms with E-state index in [0.717, 1.165) is 12.1 Å². The number of carbonyl (C=O) groups excluding carboxylic acids is 1. The number of nitro benzene ring substituents is 1. The smallest absolute Gasteiger partial charge is 0.273 e. The molecule has 0 aliphatic rings. The lowest BCUT2D eigenvalue weighted by Gasteiger charge is -2.14. The number of methoxy groups -OCH3 is 1. The fraction of sp³-hybridized carbons (Fsp3) is 0.118. The number of benzene rings is 2. The highest BCUT2D eigenvalue weighted by atomic mass is 32.1. The Morgan fingerprint density at radius 2 is 1.96 bits per heavy atom. The van der Waals surface area contributed by atoms with Crippen molar-refractivity contribution in [3.8, 4) is 11.5 Å². The lowest BCUT2D eigenvalue weighted by molar-refractivity contribution is -0.385. The first-order valence-corrected chi connectivity index (χ1v) is 7.97. The van der Waals surface area contributed by atoms with Crippen LogP contribution in [0.2, 0.25) is 0 Å². The average Bonchev–Trinajstić information content (AvgIpc) is 2.61. The van der Waals surface area contributed by atoms with Gasteiger partial charge in [0.05, 0.1) is 23.8 Å². The van der Waals surface area contributed by atoms with Crippen LogP contribution in [0.1, 0.15) is 12.5 Å². The van der Waals surface area contributed by atoms with Crippen molar-refractivity contribution in [2.45, 2.75) is 6.92 Å². The maximum Gasteiger partial charge on any atom is 0.273 e. The highest BCUT2D eigenvalue weighted by molar-refractivity contribution is 7.80. The maximum atomic E-state index is 12.2. The number of anilines is 1. The first-order chi connectivity index (χ1) is 12.8. The van der Waals surface area contributed by atoms with Gasteiger partial charge in [-0.25, -0.2) is 0 Å². The van der Waals surface area contributed by atoms with E-state index in [1.54, 1.807) is 24.3 Å². The van der Waals surface area contributed by atoms with Crippen LogP contribution < -0.4 is 20.5 Å². The number of rotatable bonds is 5. The molecule has 0 aliphatic carbocycles. The zero-order chi connectivity index (χ0) is 20.0. The number of nitrogens with zero attached hydrogens (tertiary/aromatic N) is 2. The average molecular weight is 387 g/mol. The van der Waals surface area contributed by atoms with Gasteiger partial charge in [-0.2, -0.15) is 0 Å². The van der Waals surface area contributed by atoms with Crippen molar-refractivity contribution < 1.29 is 19.6 Å². The topological polar surface area (TPSA) is 129 Å². The molecule has 2 aromatic carbocycles. The summed E-state index contributed by atoms with van der Waals surface area (Å²) in [5.74, 6) is -0.906. The van der Waals surface area contributed by atoms with Crippen molar-refractivity contribution in [3.05, 3.63) is 52.1 Å². The Kier molecular flexibility index (Phi) is 6.39. The second-order valence-corrected chi connectivity index (χ2v) is 5.67. The maximum absolute atomic E-state index is 12.2. The van der Waals surface area contributed by atoms with Crippen molar-refractivity contribution in [2.24, 2.45) is 4.99 Å². The monoisotopic (exact) mass is 387 g/mol. The van der Waals surface area contributed by atoms with Gasteiger partial charge in [-0.05, 0) is 42.0 Å². The van der Waals surface area contributed by atoms with Crippen LogP contribution in [-0.2, 0) is 4.79 Å². The molecule has 0 aliphatic heterocycles. The van der Waals surface area contributed by atoms with Crippen LogP contribution in [0, 0.1) is 10.1 Å². The Bertz CT molecular complexity index is 912. The molecule has 27 heavy (non-hydrogen) atoms. The van der Waals surface area contributed by atoms with Crippen LogP contribution in [0.25, 0.3) is 0 Å². The first kappa shape index (κ1) is 19.8. The molecule has 9 nitrogen and oxygen atoms in total. The van der Waals surface area contributed by atoms with Crippen LogP contribution >= 0.6 is 12.2 Å². The fourth-order valence-electron chi connectivity index (χ4n) is 2.06. The number of hydrogen-bond donors (Lipinski definition) is 2. The third kappa shape index (κ3) is 5.47. The van der Waals surface area contributed by atoms with E-state index in [1.807, 2.05) is 0 Å². The second-order valence-electron chi connectivity index (χ2n) is 5.26. The Hall–Kier alpha value is -3.53. The number of nitro groups is 1. The number of non-ortho nitro benzene ring substituents is 1. The van der Waals surface area contributed by atoms with E-state index in [9.17, 15) is 20.0 Å². The largest absolute Gasteiger partial charge is 0.870 e. The van der Waals surface area contributed by atoms with Gasteiger partial charge in [-0.15, -0.1) is 0 Å². The summed E-state index contributed by atoms with van der Waals surface area (Å²) in [6, 6.07) is 8.84. The molecule has 0 atom stereocenters. The molecule has 0 fully saturated rings. The molecule has 0 bridgehead atoms. The molecule has 0 heterocycles. The molecule has 0 unspecified atom stereocenters. The van der Waals surface area contributed by atoms with Gasteiger partial charge in [-0.3, -0.25) is 19.9 Å². The van der Waals surface area contributed by atoms with Gasteiger partial charge in [0.2, 0.25) is 5.91 Å². The van der Waals surface area contributed by atoms with Crippen LogP contribution in [0.3, 0.4) is 0 Å². The Morgan fingerprint density at radius 1 is 1.30 bits per heavy atom. The lowest BCUT2D eigenvalue weighted by Crippen LogP contribution is -2.32. The first-order valence-electron chi connectivity index (χ1n) is 7.56. The molecular weight excluding hydrogens is 372 g/mol. The summed E-state index contributed by atoms with van der Waals surface area (Å²) in [6.07, 6.45) is 1.24. The van der Waals surface area contributed by atoms with E-state index in [1.165, 1.54) is 20.2 Å². The third-order valence-corrected chi connectivity index (χ3v) is 3.47. The standard InChI is InChI=1S/C17H16N4O5S/c1-10(22)19-17(27)20-13-5-3-12(4-6-13)18-9-11-7-14(21(24)25)8-15(26-2)16(11)23/h3-9,23H,1-2H3,(H2,19,20,22,27)/p-1. The Morgan fingerprint density at radius 3 is 2.52 bits per heavy atom. The highest BCUT2D eigenvalue weighted by Gasteiger charge is 2.11. The van der Waals surface area contributed by atoms with Gasteiger partial charge >= 0.3 is 0 Å². The van der Waals surface area contributed by atoms with E-state index in [4.69, 9.17) is 17.0 Å². The van der Waals surface area contributed by atoms with Crippen LogP contribution in [-0.4, -0.2) is 29.3 Å². The molecule has 2 N–H and O–H groups in total. The number of thiocarbonyl (C=S) groups is 1. The number of aliphatic imine (C=N–C) groups is 1. The third-order valence-electron chi connectivity index (χ3n) is 3.27. The SMILES string of the molecule is COc1cc([N+](=O)[O-])cc(C=Nc2ccc(NC(=S)NC(C)=O)cc2)c1[O-]. The zero-order valence-corrected chi connectivity index (χ0v) is 15.2. The summed E-state index contributed by atoms with van der Waals surface area (Å²) < 4.78 is 4.88. The van der Waals surface area contributed by atoms with Crippen LogP contribution in [0.15, 0.2) is 41.4 Å². The van der Waals surface area contributed by atoms with Crippen molar-refractivity contribution in [3.63, 3.8) is 0 Å². The Labute approximate surface area is 159 Å². The quantitative estimate of drug-likeness (QED) is 0.348. The molecular formula is C17H15N4O5S-. The normalized spacial score (nSPS) is 10.4. The van der Waals surface area contributed by atoms with Gasteiger partial charge < -0.3 is 20.5 Å². The van der Waals surface area contributed by atoms with Crippen LogP contribution in [0.4, 0.5) is 17.1 Å². The van der Waals surface area contributed by atoms with Crippen molar-refractivity contribution >= 4 is 46.5 Å².